The highest BCUT2D eigenvalue weighted by Crippen LogP contribution is 2.26. The molecule has 1 atom stereocenters. The minimum Gasteiger partial charge on any atom is -0.341 e. The predicted octanol–water partition coefficient (Wildman–Crippen LogP) is 3.29. The third-order valence-corrected chi connectivity index (χ3v) is 4.22. The van der Waals surface area contributed by atoms with E-state index in [1.165, 1.54) is 18.8 Å². The molecule has 0 saturated heterocycles. The molecule has 0 fully saturated rings. The first-order valence-electron chi connectivity index (χ1n) is 6.95. The Bertz CT molecular complexity index is 641. The number of carbonyl (C=O) groups is 2. The number of imide groups is 1. The molecule has 5 heteroatoms. The minimum absolute atomic E-state index is 0.309. The maximum atomic E-state index is 11.8. The summed E-state index contributed by atoms with van der Waals surface area (Å²) >= 11 is 1.42. The second-order valence-electron chi connectivity index (χ2n) is 4.72. The quantitative estimate of drug-likeness (QED) is 0.851. The van der Waals surface area contributed by atoms with Crippen LogP contribution < -0.4 is 10.6 Å². The molecule has 2 N–H and O–H groups in total. The van der Waals surface area contributed by atoms with Gasteiger partial charge in [0.15, 0.2) is 0 Å². The van der Waals surface area contributed by atoms with Crippen LogP contribution in [0.3, 0.4) is 0 Å². The van der Waals surface area contributed by atoms with Crippen LogP contribution in [-0.2, 0) is 4.79 Å². The van der Waals surface area contributed by atoms with Crippen LogP contribution in [-0.4, -0.2) is 24.2 Å². The molecule has 2 aromatic rings. The zero-order chi connectivity index (χ0) is 15.9. The van der Waals surface area contributed by atoms with E-state index < -0.39 is 6.03 Å². The zero-order valence-electron chi connectivity index (χ0n) is 12.5. The second-order valence-corrected chi connectivity index (χ2v) is 6.13. The molecule has 0 bridgehead atoms. The lowest BCUT2D eigenvalue weighted by Gasteiger charge is -2.11. The van der Waals surface area contributed by atoms with Crippen molar-refractivity contribution in [1.29, 1.82) is 0 Å². The van der Waals surface area contributed by atoms with Gasteiger partial charge in [-0.25, -0.2) is 4.79 Å². The summed E-state index contributed by atoms with van der Waals surface area (Å²) in [7, 11) is 1.47. The molecule has 0 aliphatic carbocycles. The minimum atomic E-state index is -0.489. The summed E-state index contributed by atoms with van der Waals surface area (Å²) in [5.41, 5.74) is 2.29. The molecule has 114 valence electrons. The number of amides is 3. The normalized spacial score (nSPS) is 11.5. The number of benzene rings is 2. The number of hydrogen-bond acceptors (Lipinski definition) is 3. The average Bonchev–Trinajstić information content (AvgIpc) is 2.56. The molecule has 0 saturated carbocycles. The van der Waals surface area contributed by atoms with Crippen molar-refractivity contribution in [2.24, 2.45) is 0 Å². The summed E-state index contributed by atoms with van der Waals surface area (Å²) in [6, 6.07) is 17.6. The molecule has 2 aromatic carbocycles. The van der Waals surface area contributed by atoms with Crippen LogP contribution in [0.2, 0.25) is 0 Å². The molecule has 2 rings (SSSR count). The highest BCUT2D eigenvalue weighted by Gasteiger charge is 2.16. The lowest BCUT2D eigenvalue weighted by molar-refractivity contribution is -0.119. The number of thioether (sulfide) groups is 1. The summed E-state index contributed by atoms with van der Waals surface area (Å²) in [5, 5.41) is 4.29. The van der Waals surface area contributed by atoms with E-state index >= 15 is 0 Å². The first-order valence-corrected chi connectivity index (χ1v) is 7.83. The highest BCUT2D eigenvalue weighted by atomic mass is 32.2. The van der Waals surface area contributed by atoms with Crippen molar-refractivity contribution in [2.75, 3.05) is 7.05 Å². The van der Waals surface area contributed by atoms with Crippen LogP contribution >= 0.6 is 11.8 Å². The summed E-state index contributed by atoms with van der Waals surface area (Å²) < 4.78 is 0. The number of hydrogen-bond donors (Lipinski definition) is 2. The Hall–Kier alpha value is -2.27. The van der Waals surface area contributed by atoms with Crippen molar-refractivity contribution in [3.8, 4) is 11.1 Å². The third-order valence-electron chi connectivity index (χ3n) is 3.11. The first kappa shape index (κ1) is 16.1. The maximum absolute atomic E-state index is 11.8. The van der Waals surface area contributed by atoms with Crippen LogP contribution in [0.1, 0.15) is 6.92 Å². The molecular formula is C17H18N2O2S. The monoisotopic (exact) mass is 314 g/mol. The lowest BCUT2D eigenvalue weighted by atomic mass is 10.1. The Morgan fingerprint density at radius 3 is 2.14 bits per heavy atom. The fourth-order valence-electron chi connectivity index (χ4n) is 1.89. The predicted molar refractivity (Wildman–Crippen MR) is 89.8 cm³/mol. The van der Waals surface area contributed by atoms with E-state index in [1.54, 1.807) is 6.92 Å². The largest absolute Gasteiger partial charge is 0.341 e. The molecule has 0 aromatic heterocycles. The van der Waals surface area contributed by atoms with Crippen molar-refractivity contribution < 1.29 is 9.59 Å². The Morgan fingerprint density at radius 1 is 0.955 bits per heavy atom. The van der Waals surface area contributed by atoms with Gasteiger partial charge >= 0.3 is 6.03 Å². The van der Waals surface area contributed by atoms with Crippen LogP contribution in [0.15, 0.2) is 59.5 Å². The van der Waals surface area contributed by atoms with Gasteiger partial charge in [-0.3, -0.25) is 10.1 Å². The molecule has 22 heavy (non-hydrogen) atoms. The third kappa shape index (κ3) is 4.36. The number of rotatable bonds is 4. The highest BCUT2D eigenvalue weighted by molar-refractivity contribution is 8.00. The summed E-state index contributed by atoms with van der Waals surface area (Å²) in [4.78, 5) is 23.9. The van der Waals surface area contributed by atoms with Gasteiger partial charge in [-0.15, -0.1) is 11.8 Å². The van der Waals surface area contributed by atoms with Gasteiger partial charge in [-0.05, 0) is 30.2 Å². The number of nitrogens with one attached hydrogen (secondary N) is 2. The Labute approximate surface area is 134 Å². The topological polar surface area (TPSA) is 58.2 Å². The molecule has 0 radical (unpaired) electrons. The van der Waals surface area contributed by atoms with E-state index in [-0.39, 0.29) is 11.2 Å². The molecule has 0 heterocycles. The molecule has 1 unspecified atom stereocenters. The Balaban J connectivity index is 1.99. The standard InChI is InChI=1S/C17H18N2O2S/c1-12(16(20)19-17(21)18-2)22-15-10-8-14(9-11-15)13-6-4-3-5-7-13/h3-12H,1-2H3,(H2,18,19,20,21). The van der Waals surface area contributed by atoms with Crippen LogP contribution in [0.4, 0.5) is 4.79 Å². The zero-order valence-corrected chi connectivity index (χ0v) is 13.3. The lowest BCUT2D eigenvalue weighted by Crippen LogP contribution is -2.41. The van der Waals surface area contributed by atoms with Crippen molar-refractivity contribution in [1.82, 2.24) is 10.6 Å². The van der Waals surface area contributed by atoms with Gasteiger partial charge in [0, 0.05) is 11.9 Å². The van der Waals surface area contributed by atoms with Gasteiger partial charge in [0.05, 0.1) is 5.25 Å². The van der Waals surface area contributed by atoms with Gasteiger partial charge in [-0.2, -0.15) is 0 Å². The average molecular weight is 314 g/mol. The van der Waals surface area contributed by atoms with Crippen LogP contribution in [0, 0.1) is 0 Å². The second kappa shape index (κ2) is 7.66. The molecule has 3 amide bonds. The van der Waals surface area contributed by atoms with Gasteiger partial charge < -0.3 is 5.32 Å². The van der Waals surface area contributed by atoms with Crippen LogP contribution in [0.25, 0.3) is 11.1 Å². The summed E-state index contributed by atoms with van der Waals surface area (Å²) in [6.07, 6.45) is 0. The van der Waals surface area contributed by atoms with E-state index in [0.29, 0.717) is 0 Å². The Morgan fingerprint density at radius 2 is 1.55 bits per heavy atom. The molecule has 0 aliphatic heterocycles. The fourth-order valence-corrected chi connectivity index (χ4v) is 2.76. The Kier molecular flexibility index (Phi) is 5.61. The van der Waals surface area contributed by atoms with Gasteiger partial charge in [0.25, 0.3) is 0 Å². The fraction of sp³-hybridized carbons (Fsp3) is 0.176. The molecule has 0 aliphatic rings. The summed E-state index contributed by atoms with van der Waals surface area (Å²) in [5.74, 6) is -0.309. The number of urea groups is 1. The van der Waals surface area contributed by atoms with Crippen molar-refractivity contribution >= 4 is 23.7 Å². The van der Waals surface area contributed by atoms with Crippen molar-refractivity contribution in [3.63, 3.8) is 0 Å². The maximum Gasteiger partial charge on any atom is 0.321 e. The molecular weight excluding hydrogens is 296 g/mol. The van der Waals surface area contributed by atoms with Gasteiger partial charge in [0.2, 0.25) is 5.91 Å². The van der Waals surface area contributed by atoms with Gasteiger partial charge in [0.1, 0.15) is 0 Å². The number of carbonyl (C=O) groups excluding carboxylic acids is 2. The van der Waals surface area contributed by atoms with Crippen molar-refractivity contribution in [2.45, 2.75) is 17.1 Å². The van der Waals surface area contributed by atoms with Crippen LogP contribution in [0.5, 0.6) is 0 Å². The van der Waals surface area contributed by atoms with E-state index in [2.05, 4.69) is 22.8 Å². The van der Waals surface area contributed by atoms with E-state index in [9.17, 15) is 9.59 Å². The molecule has 4 nitrogen and oxygen atoms in total. The van der Waals surface area contributed by atoms with E-state index in [0.717, 1.165) is 16.0 Å². The van der Waals surface area contributed by atoms with E-state index in [4.69, 9.17) is 0 Å². The molecule has 0 spiro atoms. The van der Waals surface area contributed by atoms with Crippen molar-refractivity contribution in [3.05, 3.63) is 54.6 Å². The van der Waals surface area contributed by atoms with Gasteiger partial charge in [-0.1, -0.05) is 42.5 Å². The van der Waals surface area contributed by atoms with E-state index in [1.807, 2.05) is 42.5 Å². The summed E-state index contributed by atoms with van der Waals surface area (Å²) in [6.45, 7) is 1.77. The smallest absolute Gasteiger partial charge is 0.321 e. The SMILES string of the molecule is CNC(=O)NC(=O)C(C)Sc1ccc(-c2ccccc2)cc1. The first-order chi connectivity index (χ1) is 10.6.